The first kappa shape index (κ1) is 14.8. The van der Waals surface area contributed by atoms with Gasteiger partial charge in [0.25, 0.3) is 0 Å². The summed E-state index contributed by atoms with van der Waals surface area (Å²) in [6, 6.07) is 7.70. The number of carbonyl (C=O) groups is 1. The number of methoxy groups -OCH3 is 1. The zero-order valence-electron chi connectivity index (χ0n) is 10.4. The fraction of sp³-hybridized carbons (Fsp3) is 0.462. The molecule has 1 aliphatic rings. The summed E-state index contributed by atoms with van der Waals surface area (Å²) in [5, 5.41) is 6.11. The van der Waals surface area contributed by atoms with Gasteiger partial charge >= 0.3 is 0 Å². The van der Waals surface area contributed by atoms with Gasteiger partial charge in [0.05, 0.1) is 13.2 Å². The van der Waals surface area contributed by atoms with E-state index in [1.807, 2.05) is 24.3 Å². The van der Waals surface area contributed by atoms with E-state index in [4.69, 9.17) is 4.74 Å². The third-order valence-electron chi connectivity index (χ3n) is 3.02. The predicted molar refractivity (Wildman–Crippen MR) is 73.1 cm³/mol. The van der Waals surface area contributed by atoms with Gasteiger partial charge in [-0.15, -0.1) is 12.4 Å². The van der Waals surface area contributed by atoms with Crippen LogP contribution in [-0.2, 0) is 11.3 Å². The number of ether oxygens (including phenoxy) is 1. The van der Waals surface area contributed by atoms with E-state index in [9.17, 15) is 4.79 Å². The first-order valence-electron chi connectivity index (χ1n) is 5.94. The number of hydrogen-bond acceptors (Lipinski definition) is 3. The Morgan fingerprint density at radius 3 is 2.94 bits per heavy atom. The van der Waals surface area contributed by atoms with Gasteiger partial charge in [0, 0.05) is 12.1 Å². The Kier molecular flexibility index (Phi) is 5.95. The van der Waals surface area contributed by atoms with E-state index >= 15 is 0 Å². The largest absolute Gasteiger partial charge is 0.496 e. The highest BCUT2D eigenvalue weighted by molar-refractivity contribution is 5.85. The molecule has 2 N–H and O–H groups in total. The number of carbonyl (C=O) groups excluding carboxylic acids is 1. The Labute approximate surface area is 114 Å². The van der Waals surface area contributed by atoms with Gasteiger partial charge in [0.15, 0.2) is 0 Å². The van der Waals surface area contributed by atoms with Crippen LogP contribution in [0, 0.1) is 0 Å². The molecule has 1 aliphatic heterocycles. The second-order valence-electron chi connectivity index (χ2n) is 4.18. The van der Waals surface area contributed by atoms with E-state index in [1.165, 1.54) is 0 Å². The second kappa shape index (κ2) is 7.24. The molecule has 1 aromatic carbocycles. The van der Waals surface area contributed by atoms with Crippen molar-refractivity contribution >= 4 is 18.3 Å². The number of hydrogen-bond donors (Lipinski definition) is 2. The van der Waals surface area contributed by atoms with Crippen LogP contribution in [0.4, 0.5) is 0 Å². The second-order valence-corrected chi connectivity index (χ2v) is 4.18. The first-order chi connectivity index (χ1) is 8.31. The first-order valence-corrected chi connectivity index (χ1v) is 5.94. The smallest absolute Gasteiger partial charge is 0.237 e. The third-order valence-corrected chi connectivity index (χ3v) is 3.02. The Morgan fingerprint density at radius 2 is 2.28 bits per heavy atom. The molecule has 1 fully saturated rings. The molecule has 1 heterocycles. The van der Waals surface area contributed by atoms with Gasteiger partial charge in [-0.05, 0) is 25.5 Å². The zero-order valence-corrected chi connectivity index (χ0v) is 11.3. The molecule has 0 aromatic heterocycles. The summed E-state index contributed by atoms with van der Waals surface area (Å²) in [6.45, 7) is 1.45. The molecule has 1 amide bonds. The summed E-state index contributed by atoms with van der Waals surface area (Å²) in [5.41, 5.74) is 1.00. The van der Waals surface area contributed by atoms with Crippen molar-refractivity contribution in [3.8, 4) is 5.75 Å². The Bertz CT molecular complexity index is 392. The Balaban J connectivity index is 0.00000162. The molecule has 5 heteroatoms. The van der Waals surface area contributed by atoms with Gasteiger partial charge in [-0.3, -0.25) is 4.79 Å². The van der Waals surface area contributed by atoms with Crippen LogP contribution < -0.4 is 15.4 Å². The molecule has 1 saturated heterocycles. The van der Waals surface area contributed by atoms with E-state index in [-0.39, 0.29) is 24.4 Å². The number of para-hydroxylation sites is 1. The number of rotatable bonds is 4. The molecule has 1 aromatic rings. The fourth-order valence-electron chi connectivity index (χ4n) is 2.06. The van der Waals surface area contributed by atoms with Gasteiger partial charge in [-0.25, -0.2) is 0 Å². The van der Waals surface area contributed by atoms with E-state index in [0.29, 0.717) is 6.54 Å². The highest BCUT2D eigenvalue weighted by Crippen LogP contribution is 2.16. The van der Waals surface area contributed by atoms with Crippen molar-refractivity contribution in [3.63, 3.8) is 0 Å². The van der Waals surface area contributed by atoms with Crippen LogP contribution in [0.2, 0.25) is 0 Å². The molecule has 2 rings (SSSR count). The van der Waals surface area contributed by atoms with Crippen LogP contribution in [-0.4, -0.2) is 25.6 Å². The molecule has 18 heavy (non-hydrogen) atoms. The van der Waals surface area contributed by atoms with Crippen molar-refractivity contribution in [2.75, 3.05) is 13.7 Å². The molecule has 1 unspecified atom stereocenters. The number of amides is 1. The normalized spacial score (nSPS) is 17.9. The molecule has 100 valence electrons. The highest BCUT2D eigenvalue weighted by atomic mass is 35.5. The van der Waals surface area contributed by atoms with Crippen LogP contribution in [0.25, 0.3) is 0 Å². The van der Waals surface area contributed by atoms with Crippen molar-refractivity contribution in [1.29, 1.82) is 0 Å². The molecule has 4 nitrogen and oxygen atoms in total. The lowest BCUT2D eigenvalue weighted by atomic mass is 10.2. The average Bonchev–Trinajstić information content (AvgIpc) is 2.90. The average molecular weight is 271 g/mol. The van der Waals surface area contributed by atoms with E-state index in [0.717, 1.165) is 30.7 Å². The maximum Gasteiger partial charge on any atom is 0.237 e. The Hall–Kier alpha value is -1.26. The van der Waals surface area contributed by atoms with E-state index < -0.39 is 0 Å². The lowest BCUT2D eigenvalue weighted by molar-refractivity contribution is -0.122. The standard InChI is InChI=1S/C13H18N2O2.ClH/c1-17-12-7-3-2-5-10(12)9-15-13(16)11-6-4-8-14-11;/h2-3,5,7,11,14H,4,6,8-9H2,1H3,(H,15,16);1H. The minimum Gasteiger partial charge on any atom is -0.496 e. The van der Waals surface area contributed by atoms with Gasteiger partial charge < -0.3 is 15.4 Å². The summed E-state index contributed by atoms with van der Waals surface area (Å²) >= 11 is 0. The molecule has 1 atom stereocenters. The maximum absolute atomic E-state index is 11.8. The van der Waals surface area contributed by atoms with Crippen LogP contribution in [0.1, 0.15) is 18.4 Å². The molecular formula is C13H19ClN2O2. The SMILES string of the molecule is COc1ccccc1CNC(=O)C1CCCN1.Cl. The van der Waals surface area contributed by atoms with Gasteiger partial charge in [0.1, 0.15) is 5.75 Å². The molecular weight excluding hydrogens is 252 g/mol. The number of nitrogens with one attached hydrogen (secondary N) is 2. The predicted octanol–water partition coefficient (Wildman–Crippen LogP) is 1.49. The lowest BCUT2D eigenvalue weighted by Gasteiger charge is -2.12. The minimum atomic E-state index is -0.0234. The maximum atomic E-state index is 11.8. The van der Waals surface area contributed by atoms with Crippen LogP contribution in [0.5, 0.6) is 5.75 Å². The van der Waals surface area contributed by atoms with E-state index in [2.05, 4.69) is 10.6 Å². The van der Waals surface area contributed by atoms with Crippen molar-refractivity contribution in [1.82, 2.24) is 10.6 Å². The third kappa shape index (κ3) is 3.62. The van der Waals surface area contributed by atoms with Crippen molar-refractivity contribution in [2.45, 2.75) is 25.4 Å². The van der Waals surface area contributed by atoms with Crippen molar-refractivity contribution in [3.05, 3.63) is 29.8 Å². The molecule has 0 saturated carbocycles. The van der Waals surface area contributed by atoms with Crippen molar-refractivity contribution < 1.29 is 9.53 Å². The monoisotopic (exact) mass is 270 g/mol. The van der Waals surface area contributed by atoms with E-state index in [1.54, 1.807) is 7.11 Å². The summed E-state index contributed by atoms with van der Waals surface area (Å²) < 4.78 is 5.24. The quantitative estimate of drug-likeness (QED) is 0.872. The van der Waals surface area contributed by atoms with Crippen molar-refractivity contribution in [2.24, 2.45) is 0 Å². The number of halogens is 1. The Morgan fingerprint density at radius 1 is 1.50 bits per heavy atom. The summed E-state index contributed by atoms with van der Waals surface area (Å²) in [7, 11) is 1.64. The van der Waals surface area contributed by atoms with Gasteiger partial charge in [0.2, 0.25) is 5.91 Å². The van der Waals surface area contributed by atoms with Crippen LogP contribution in [0.3, 0.4) is 0 Å². The van der Waals surface area contributed by atoms with Gasteiger partial charge in [-0.2, -0.15) is 0 Å². The van der Waals surface area contributed by atoms with Gasteiger partial charge in [-0.1, -0.05) is 18.2 Å². The summed E-state index contributed by atoms with van der Waals surface area (Å²) in [4.78, 5) is 11.8. The lowest BCUT2D eigenvalue weighted by Crippen LogP contribution is -2.40. The zero-order chi connectivity index (χ0) is 12.1. The molecule has 0 radical (unpaired) electrons. The fourth-order valence-corrected chi connectivity index (χ4v) is 2.06. The van der Waals surface area contributed by atoms with Crippen LogP contribution in [0.15, 0.2) is 24.3 Å². The summed E-state index contributed by atoms with van der Waals surface area (Å²) in [6.07, 6.45) is 2.00. The number of benzene rings is 1. The molecule has 0 aliphatic carbocycles. The minimum absolute atomic E-state index is 0. The highest BCUT2D eigenvalue weighted by Gasteiger charge is 2.21. The molecule has 0 bridgehead atoms. The summed E-state index contributed by atoms with van der Waals surface area (Å²) in [5.74, 6) is 0.889. The topological polar surface area (TPSA) is 50.4 Å². The van der Waals surface area contributed by atoms with Crippen LogP contribution >= 0.6 is 12.4 Å². The molecule has 0 spiro atoms.